The number of aryl methyl sites for hydroxylation is 1. The maximum absolute atomic E-state index is 8.96. The van der Waals surface area contributed by atoms with Crippen LogP contribution in [-0.4, -0.2) is 32.1 Å². The summed E-state index contributed by atoms with van der Waals surface area (Å²) >= 11 is 0. The second kappa shape index (κ2) is 6.14. The molecule has 0 spiro atoms. The molecule has 16 heavy (non-hydrogen) atoms. The molecule has 0 amide bonds. The van der Waals surface area contributed by atoms with Gasteiger partial charge in [0.05, 0.1) is 11.3 Å². The third-order valence-corrected chi connectivity index (χ3v) is 2.39. The van der Waals surface area contributed by atoms with Crippen molar-refractivity contribution in [3.8, 4) is 6.07 Å². The fourth-order valence-corrected chi connectivity index (χ4v) is 1.52. The first-order valence-corrected chi connectivity index (χ1v) is 5.53. The predicted molar refractivity (Wildman–Crippen MR) is 67.6 cm³/mol. The Morgan fingerprint density at radius 1 is 1.38 bits per heavy atom. The van der Waals surface area contributed by atoms with Gasteiger partial charge in [0.2, 0.25) is 0 Å². The average Bonchev–Trinajstić information content (AvgIpc) is 2.24. The lowest BCUT2D eigenvalue weighted by Gasteiger charge is -2.11. The van der Waals surface area contributed by atoms with E-state index in [1.54, 1.807) is 0 Å². The maximum Gasteiger partial charge on any atom is 0.101 e. The Bertz CT molecular complexity index is 377. The van der Waals surface area contributed by atoms with Crippen LogP contribution in [0.4, 0.5) is 5.69 Å². The smallest absolute Gasteiger partial charge is 0.101 e. The lowest BCUT2D eigenvalue weighted by molar-refractivity contribution is 0.405. The molecule has 86 valence electrons. The Morgan fingerprint density at radius 3 is 2.75 bits per heavy atom. The maximum atomic E-state index is 8.96. The summed E-state index contributed by atoms with van der Waals surface area (Å²) in [6.07, 6.45) is 1.08. The van der Waals surface area contributed by atoms with Crippen LogP contribution >= 0.6 is 0 Å². The van der Waals surface area contributed by atoms with E-state index in [4.69, 9.17) is 5.26 Å². The zero-order valence-electron chi connectivity index (χ0n) is 10.2. The van der Waals surface area contributed by atoms with Crippen molar-refractivity contribution in [2.45, 2.75) is 13.3 Å². The van der Waals surface area contributed by atoms with Crippen LogP contribution in [0.15, 0.2) is 18.2 Å². The van der Waals surface area contributed by atoms with Crippen LogP contribution in [0.1, 0.15) is 17.5 Å². The zero-order chi connectivity index (χ0) is 12.0. The van der Waals surface area contributed by atoms with Crippen LogP contribution in [0.25, 0.3) is 0 Å². The van der Waals surface area contributed by atoms with Crippen molar-refractivity contribution >= 4 is 5.69 Å². The van der Waals surface area contributed by atoms with Crippen molar-refractivity contribution < 1.29 is 0 Å². The highest BCUT2D eigenvalue weighted by molar-refractivity contribution is 5.58. The highest BCUT2D eigenvalue weighted by Crippen LogP contribution is 2.16. The fraction of sp³-hybridized carbons (Fsp3) is 0.462. The fourth-order valence-electron chi connectivity index (χ4n) is 1.52. The minimum absolute atomic E-state index is 0.718. The summed E-state index contributed by atoms with van der Waals surface area (Å²) in [4.78, 5) is 2.16. The van der Waals surface area contributed by atoms with Crippen molar-refractivity contribution in [2.75, 3.05) is 32.5 Å². The van der Waals surface area contributed by atoms with Gasteiger partial charge in [0.25, 0.3) is 0 Å². The van der Waals surface area contributed by atoms with E-state index in [2.05, 4.69) is 30.4 Å². The molecule has 0 atom stereocenters. The second-order valence-corrected chi connectivity index (χ2v) is 4.24. The van der Waals surface area contributed by atoms with E-state index >= 15 is 0 Å². The molecule has 3 nitrogen and oxygen atoms in total. The van der Waals surface area contributed by atoms with Gasteiger partial charge in [-0.25, -0.2) is 0 Å². The van der Waals surface area contributed by atoms with Crippen LogP contribution in [0, 0.1) is 18.3 Å². The molecule has 1 aromatic rings. The number of nitriles is 1. The number of hydrogen-bond acceptors (Lipinski definition) is 3. The summed E-state index contributed by atoms with van der Waals surface area (Å²) in [6.45, 7) is 3.99. The van der Waals surface area contributed by atoms with E-state index in [0.29, 0.717) is 0 Å². The topological polar surface area (TPSA) is 39.1 Å². The van der Waals surface area contributed by atoms with E-state index in [0.717, 1.165) is 30.8 Å². The molecule has 1 N–H and O–H groups in total. The lowest BCUT2D eigenvalue weighted by atomic mass is 10.1. The van der Waals surface area contributed by atoms with Crippen molar-refractivity contribution in [3.05, 3.63) is 29.3 Å². The number of rotatable bonds is 5. The average molecular weight is 217 g/mol. The monoisotopic (exact) mass is 217 g/mol. The van der Waals surface area contributed by atoms with Crippen molar-refractivity contribution in [1.82, 2.24) is 4.90 Å². The van der Waals surface area contributed by atoms with E-state index in [9.17, 15) is 0 Å². The Kier molecular flexibility index (Phi) is 4.81. The van der Waals surface area contributed by atoms with Gasteiger partial charge in [-0.1, -0.05) is 6.07 Å². The SMILES string of the molecule is Cc1ccc(C#N)c(NCCCN(C)C)c1. The highest BCUT2D eigenvalue weighted by Gasteiger charge is 2.01. The first kappa shape index (κ1) is 12.5. The van der Waals surface area contributed by atoms with Gasteiger partial charge in [0, 0.05) is 6.54 Å². The molecule has 0 radical (unpaired) electrons. The number of nitrogens with zero attached hydrogens (tertiary/aromatic N) is 2. The molecular weight excluding hydrogens is 198 g/mol. The van der Waals surface area contributed by atoms with Gasteiger partial charge in [0.1, 0.15) is 6.07 Å². The molecule has 3 heteroatoms. The first-order chi connectivity index (χ1) is 7.63. The summed E-state index contributed by atoms with van der Waals surface area (Å²) in [5, 5.41) is 12.3. The molecule has 0 aliphatic rings. The third kappa shape index (κ3) is 3.92. The van der Waals surface area contributed by atoms with E-state index in [1.165, 1.54) is 5.56 Å². The molecule has 0 aromatic heterocycles. The molecule has 0 unspecified atom stereocenters. The first-order valence-electron chi connectivity index (χ1n) is 5.53. The summed E-state index contributed by atoms with van der Waals surface area (Å²) < 4.78 is 0. The van der Waals surface area contributed by atoms with Gasteiger partial charge in [0.15, 0.2) is 0 Å². The largest absolute Gasteiger partial charge is 0.384 e. The molecule has 0 aliphatic heterocycles. The van der Waals surface area contributed by atoms with E-state index in [-0.39, 0.29) is 0 Å². The van der Waals surface area contributed by atoms with Crippen molar-refractivity contribution in [1.29, 1.82) is 5.26 Å². The van der Waals surface area contributed by atoms with Gasteiger partial charge in [-0.05, 0) is 51.7 Å². The second-order valence-electron chi connectivity index (χ2n) is 4.24. The quantitative estimate of drug-likeness (QED) is 0.769. The molecule has 1 rings (SSSR count). The third-order valence-electron chi connectivity index (χ3n) is 2.39. The molecule has 0 aliphatic carbocycles. The summed E-state index contributed by atoms with van der Waals surface area (Å²) in [5.41, 5.74) is 2.84. The molecule has 0 heterocycles. The van der Waals surface area contributed by atoms with Gasteiger partial charge in [-0.15, -0.1) is 0 Å². The standard InChI is InChI=1S/C13H19N3/c1-11-5-6-12(10-14)13(9-11)15-7-4-8-16(2)3/h5-6,9,15H,4,7-8H2,1-3H3. The lowest BCUT2D eigenvalue weighted by Crippen LogP contribution is -2.16. The summed E-state index contributed by atoms with van der Waals surface area (Å²) in [7, 11) is 4.13. The number of anilines is 1. The number of nitrogens with one attached hydrogen (secondary N) is 1. The van der Waals surface area contributed by atoms with Crippen LogP contribution < -0.4 is 5.32 Å². The number of benzene rings is 1. The van der Waals surface area contributed by atoms with E-state index in [1.807, 2.05) is 25.1 Å². The van der Waals surface area contributed by atoms with Gasteiger partial charge < -0.3 is 10.2 Å². The highest BCUT2D eigenvalue weighted by atomic mass is 15.1. The van der Waals surface area contributed by atoms with E-state index < -0.39 is 0 Å². The van der Waals surface area contributed by atoms with Gasteiger partial charge in [-0.3, -0.25) is 0 Å². The Hall–Kier alpha value is -1.53. The zero-order valence-corrected chi connectivity index (χ0v) is 10.2. The molecule has 0 saturated carbocycles. The Balaban J connectivity index is 2.53. The van der Waals surface area contributed by atoms with Crippen LogP contribution in [-0.2, 0) is 0 Å². The van der Waals surface area contributed by atoms with Crippen LogP contribution in [0.3, 0.4) is 0 Å². The molecule has 1 aromatic carbocycles. The minimum Gasteiger partial charge on any atom is -0.384 e. The molecule has 0 saturated heterocycles. The van der Waals surface area contributed by atoms with Crippen molar-refractivity contribution in [3.63, 3.8) is 0 Å². The Morgan fingerprint density at radius 2 is 2.12 bits per heavy atom. The predicted octanol–water partition coefficient (Wildman–Crippen LogP) is 2.23. The van der Waals surface area contributed by atoms with Crippen molar-refractivity contribution in [2.24, 2.45) is 0 Å². The number of hydrogen-bond donors (Lipinski definition) is 1. The molecule has 0 bridgehead atoms. The molecule has 0 fully saturated rings. The summed E-state index contributed by atoms with van der Waals surface area (Å²) in [6, 6.07) is 8.05. The minimum atomic E-state index is 0.718. The molecular formula is C13H19N3. The van der Waals surface area contributed by atoms with Crippen LogP contribution in [0.2, 0.25) is 0 Å². The normalized spacial score (nSPS) is 10.2. The van der Waals surface area contributed by atoms with Gasteiger partial charge >= 0.3 is 0 Å². The Labute approximate surface area is 97.7 Å². The van der Waals surface area contributed by atoms with Gasteiger partial charge in [-0.2, -0.15) is 5.26 Å². The summed E-state index contributed by atoms with van der Waals surface area (Å²) in [5.74, 6) is 0. The van der Waals surface area contributed by atoms with Crippen LogP contribution in [0.5, 0.6) is 0 Å².